The quantitative estimate of drug-likeness (QED) is 0.633. The molecule has 0 aliphatic rings. The topological polar surface area (TPSA) is 18.5 Å². The molecule has 0 atom stereocenters. The lowest BCUT2D eigenvalue weighted by molar-refractivity contribution is 0.374. The number of benzene rings is 2. The smallest absolute Gasteiger partial charge is 0.176 e. The fourth-order valence-corrected chi connectivity index (χ4v) is 1.83. The van der Waals surface area contributed by atoms with Crippen molar-refractivity contribution in [3.63, 3.8) is 0 Å². The van der Waals surface area contributed by atoms with E-state index in [4.69, 9.17) is 0 Å². The third kappa shape index (κ3) is 2.51. The Morgan fingerprint density at radius 3 is 2.10 bits per heavy atom. The molecule has 0 saturated carbocycles. The van der Waals surface area contributed by atoms with Crippen molar-refractivity contribution in [3.8, 4) is 22.6 Å². The van der Waals surface area contributed by atoms with Crippen molar-refractivity contribution in [2.24, 2.45) is 0 Å². The van der Waals surface area contributed by atoms with E-state index in [-0.39, 0.29) is 0 Å². The SMILES string of the molecule is COc1cc(F)c(F)c(-c2[c]c(F)cc(F)c2OC)c1F. The van der Waals surface area contributed by atoms with Gasteiger partial charge in [0.15, 0.2) is 34.8 Å². The minimum atomic E-state index is -1.63. The molecule has 7 heteroatoms. The first kappa shape index (κ1) is 15.1. The maximum atomic E-state index is 14.1. The summed E-state index contributed by atoms with van der Waals surface area (Å²) in [7, 11) is 2.05. The zero-order valence-corrected chi connectivity index (χ0v) is 10.9. The Hall–Kier alpha value is -2.31. The first-order chi connectivity index (χ1) is 9.90. The molecule has 21 heavy (non-hydrogen) atoms. The molecule has 2 nitrogen and oxygen atoms in total. The zero-order chi connectivity index (χ0) is 15.7. The summed E-state index contributed by atoms with van der Waals surface area (Å²) >= 11 is 0. The molecule has 0 aliphatic carbocycles. The Morgan fingerprint density at radius 1 is 0.857 bits per heavy atom. The van der Waals surface area contributed by atoms with Crippen LogP contribution in [0.1, 0.15) is 0 Å². The van der Waals surface area contributed by atoms with Gasteiger partial charge in [-0.1, -0.05) is 0 Å². The highest BCUT2D eigenvalue weighted by Crippen LogP contribution is 2.39. The maximum absolute atomic E-state index is 14.1. The van der Waals surface area contributed by atoms with Gasteiger partial charge < -0.3 is 9.47 Å². The van der Waals surface area contributed by atoms with Crippen LogP contribution in [0.2, 0.25) is 0 Å². The average Bonchev–Trinajstić information content (AvgIpc) is 2.42. The number of hydrogen-bond acceptors (Lipinski definition) is 2. The number of rotatable bonds is 3. The third-order valence-corrected chi connectivity index (χ3v) is 2.74. The minimum Gasteiger partial charge on any atom is -0.494 e. The van der Waals surface area contributed by atoms with Crippen molar-refractivity contribution in [3.05, 3.63) is 47.3 Å². The summed E-state index contributed by atoms with van der Waals surface area (Å²) < 4.78 is 77.5. The normalized spacial score (nSPS) is 10.6. The van der Waals surface area contributed by atoms with Crippen molar-refractivity contribution in [2.75, 3.05) is 14.2 Å². The van der Waals surface area contributed by atoms with E-state index >= 15 is 0 Å². The van der Waals surface area contributed by atoms with Crippen LogP contribution in [0.5, 0.6) is 11.5 Å². The van der Waals surface area contributed by atoms with E-state index in [0.717, 1.165) is 14.2 Å². The number of ether oxygens (including phenoxy) is 2. The molecule has 0 spiro atoms. The van der Waals surface area contributed by atoms with Crippen molar-refractivity contribution < 1.29 is 31.4 Å². The molecule has 0 N–H and O–H groups in total. The predicted octanol–water partition coefficient (Wildman–Crippen LogP) is 3.87. The molecule has 2 aromatic carbocycles. The Morgan fingerprint density at radius 2 is 1.52 bits per heavy atom. The Labute approximate surface area is 116 Å². The molecule has 0 fully saturated rings. The molecule has 0 amide bonds. The van der Waals surface area contributed by atoms with E-state index in [9.17, 15) is 22.0 Å². The standard InChI is InChI=1S/C14H8F5O2/c1-20-10-5-8(16)12(18)11(13(10)19)7-3-6(15)4-9(17)14(7)21-2/h4-5H,1-2H3. The lowest BCUT2D eigenvalue weighted by atomic mass is 10.0. The summed E-state index contributed by atoms with van der Waals surface area (Å²) in [5.41, 5.74) is -1.75. The molecule has 0 unspecified atom stereocenters. The Balaban J connectivity index is 2.87. The molecular formula is C14H8F5O2. The molecule has 1 radical (unpaired) electrons. The van der Waals surface area contributed by atoms with E-state index in [1.807, 2.05) is 6.07 Å². The second-order valence-corrected chi connectivity index (χ2v) is 3.94. The summed E-state index contributed by atoms with van der Waals surface area (Å²) in [6.45, 7) is 0. The van der Waals surface area contributed by atoms with Crippen molar-refractivity contribution >= 4 is 0 Å². The fraction of sp³-hybridized carbons (Fsp3) is 0.143. The third-order valence-electron chi connectivity index (χ3n) is 2.74. The fourth-order valence-electron chi connectivity index (χ4n) is 1.83. The van der Waals surface area contributed by atoms with Gasteiger partial charge in [-0.3, -0.25) is 0 Å². The van der Waals surface area contributed by atoms with Crippen LogP contribution in [0.25, 0.3) is 11.1 Å². The first-order valence-electron chi connectivity index (χ1n) is 5.57. The van der Waals surface area contributed by atoms with Gasteiger partial charge in [0.05, 0.1) is 19.8 Å². The second kappa shape index (κ2) is 5.59. The van der Waals surface area contributed by atoms with Crippen LogP contribution >= 0.6 is 0 Å². The summed E-state index contributed by atoms with van der Waals surface area (Å²) in [5, 5.41) is 0. The number of halogens is 5. The van der Waals surface area contributed by atoms with Crippen LogP contribution in [0.15, 0.2) is 12.1 Å². The van der Waals surface area contributed by atoms with Crippen LogP contribution in [-0.4, -0.2) is 14.2 Å². The molecule has 0 saturated heterocycles. The van der Waals surface area contributed by atoms with Crippen molar-refractivity contribution in [1.29, 1.82) is 0 Å². The van der Waals surface area contributed by atoms with E-state index in [2.05, 4.69) is 9.47 Å². The van der Waals surface area contributed by atoms with Gasteiger partial charge in [-0.05, 0) is 0 Å². The van der Waals surface area contributed by atoms with Crippen LogP contribution in [0.3, 0.4) is 0 Å². The number of methoxy groups -OCH3 is 2. The highest BCUT2D eigenvalue weighted by atomic mass is 19.2. The van der Waals surface area contributed by atoms with Crippen molar-refractivity contribution in [2.45, 2.75) is 0 Å². The largest absolute Gasteiger partial charge is 0.494 e. The van der Waals surface area contributed by atoms with Crippen molar-refractivity contribution in [1.82, 2.24) is 0 Å². The van der Waals surface area contributed by atoms with Gasteiger partial charge in [0.2, 0.25) is 0 Å². The lowest BCUT2D eigenvalue weighted by Crippen LogP contribution is -2.02. The van der Waals surface area contributed by atoms with E-state index in [1.54, 1.807) is 0 Å². The summed E-state index contributed by atoms with van der Waals surface area (Å²) in [5.74, 6) is -8.10. The summed E-state index contributed by atoms with van der Waals surface area (Å²) in [6.07, 6.45) is 0. The molecule has 0 aromatic heterocycles. The van der Waals surface area contributed by atoms with Crippen LogP contribution in [0, 0.1) is 35.2 Å². The van der Waals surface area contributed by atoms with Gasteiger partial charge in [-0.2, -0.15) is 0 Å². The molecule has 0 bridgehead atoms. The summed E-state index contributed by atoms with van der Waals surface area (Å²) in [4.78, 5) is 0. The molecule has 0 aliphatic heterocycles. The van der Waals surface area contributed by atoms with Gasteiger partial charge in [-0.15, -0.1) is 0 Å². The molecule has 111 valence electrons. The van der Waals surface area contributed by atoms with Crippen LogP contribution in [0.4, 0.5) is 22.0 Å². The Kier molecular flexibility index (Phi) is 4.02. The van der Waals surface area contributed by atoms with Crippen LogP contribution < -0.4 is 9.47 Å². The van der Waals surface area contributed by atoms with E-state index in [1.165, 1.54) is 0 Å². The predicted molar refractivity (Wildman–Crippen MR) is 63.6 cm³/mol. The van der Waals surface area contributed by atoms with E-state index < -0.39 is 51.7 Å². The highest BCUT2D eigenvalue weighted by Gasteiger charge is 2.25. The van der Waals surface area contributed by atoms with Gasteiger partial charge in [0.1, 0.15) is 5.82 Å². The maximum Gasteiger partial charge on any atom is 0.176 e. The lowest BCUT2D eigenvalue weighted by Gasteiger charge is -2.13. The molecule has 0 heterocycles. The van der Waals surface area contributed by atoms with Crippen LogP contribution in [-0.2, 0) is 0 Å². The monoisotopic (exact) mass is 303 g/mol. The molecular weight excluding hydrogens is 295 g/mol. The second-order valence-electron chi connectivity index (χ2n) is 3.94. The van der Waals surface area contributed by atoms with Gasteiger partial charge in [-0.25, -0.2) is 22.0 Å². The zero-order valence-electron chi connectivity index (χ0n) is 10.9. The van der Waals surface area contributed by atoms with Gasteiger partial charge in [0.25, 0.3) is 0 Å². The van der Waals surface area contributed by atoms with Gasteiger partial charge >= 0.3 is 0 Å². The number of hydrogen-bond donors (Lipinski definition) is 0. The average molecular weight is 303 g/mol. The highest BCUT2D eigenvalue weighted by molar-refractivity contribution is 5.73. The minimum absolute atomic E-state index is 0.425. The first-order valence-corrected chi connectivity index (χ1v) is 5.57. The molecule has 2 aromatic rings. The summed E-state index contributed by atoms with van der Waals surface area (Å²) in [6, 6.07) is 2.82. The van der Waals surface area contributed by atoms with Gasteiger partial charge in [0, 0.05) is 23.8 Å². The van der Waals surface area contributed by atoms with E-state index in [0.29, 0.717) is 12.1 Å². The molecule has 2 rings (SSSR count). The Bertz CT molecular complexity index is 700.